The molecule has 5 rings (SSSR count). The molecule has 7 nitrogen and oxygen atoms in total. The zero-order valence-electron chi connectivity index (χ0n) is 21.8. The lowest BCUT2D eigenvalue weighted by atomic mass is 10.1. The summed E-state index contributed by atoms with van der Waals surface area (Å²) in [6, 6.07) is 24.4. The summed E-state index contributed by atoms with van der Waals surface area (Å²) >= 11 is 4.88. The van der Waals surface area contributed by atoms with Crippen LogP contribution in [0.4, 0.5) is 5.69 Å². The summed E-state index contributed by atoms with van der Waals surface area (Å²) in [5, 5.41) is 11.9. The van der Waals surface area contributed by atoms with Crippen molar-refractivity contribution in [2.24, 2.45) is 4.99 Å². The number of aliphatic imine (C=N–C) groups is 1. The zero-order valence-corrected chi connectivity index (χ0v) is 24.2. The molecule has 0 spiro atoms. The summed E-state index contributed by atoms with van der Waals surface area (Å²) in [5.74, 6) is -0.0290. The minimum absolute atomic E-state index is 0.174. The Bertz CT molecular complexity index is 1670. The lowest BCUT2D eigenvalue weighted by Crippen LogP contribution is -2.23. The first-order valence-corrected chi connectivity index (χ1v) is 14.1. The number of hydrogen-bond acceptors (Lipinski definition) is 6. The topological polar surface area (TPSA) is 88.4 Å². The molecule has 0 aliphatic carbocycles. The first-order chi connectivity index (χ1) is 19.3. The second-order valence-corrected chi connectivity index (χ2v) is 10.8. The lowest BCUT2D eigenvalue weighted by Gasteiger charge is -2.15. The number of aromatic carboxylic acids is 1. The maximum absolute atomic E-state index is 13.0. The molecule has 0 bridgehead atoms. The number of benzene rings is 4. The Balaban J connectivity index is 1.37. The third-order valence-corrected chi connectivity index (χ3v) is 7.82. The highest BCUT2D eigenvalue weighted by molar-refractivity contribution is 9.10. The third-order valence-electron chi connectivity index (χ3n) is 6.17. The maximum Gasteiger partial charge on any atom is 0.335 e. The molecule has 0 unspecified atom stereocenters. The van der Waals surface area contributed by atoms with Gasteiger partial charge in [-0.1, -0.05) is 36.4 Å². The van der Waals surface area contributed by atoms with Gasteiger partial charge in [-0.2, -0.15) is 0 Å². The van der Waals surface area contributed by atoms with Crippen molar-refractivity contribution in [2.45, 2.75) is 13.5 Å². The van der Waals surface area contributed by atoms with Crippen LogP contribution in [0.25, 0.3) is 16.8 Å². The smallest absolute Gasteiger partial charge is 0.335 e. The first kappa shape index (κ1) is 27.5. The van der Waals surface area contributed by atoms with Gasteiger partial charge in [0.1, 0.15) is 6.61 Å². The van der Waals surface area contributed by atoms with Crippen LogP contribution in [0.3, 0.4) is 0 Å². The number of amidine groups is 1. The van der Waals surface area contributed by atoms with Gasteiger partial charge < -0.3 is 14.6 Å². The highest BCUT2D eigenvalue weighted by Gasteiger charge is 2.30. The van der Waals surface area contributed by atoms with E-state index in [1.807, 2.05) is 31.2 Å². The molecule has 1 saturated heterocycles. The van der Waals surface area contributed by atoms with E-state index in [9.17, 15) is 9.59 Å². The van der Waals surface area contributed by atoms with E-state index in [2.05, 4.69) is 51.3 Å². The van der Waals surface area contributed by atoms with Crippen molar-refractivity contribution in [3.8, 4) is 11.5 Å². The Morgan fingerprint density at radius 3 is 2.50 bits per heavy atom. The lowest BCUT2D eigenvalue weighted by molar-refractivity contribution is -0.121. The minimum atomic E-state index is -1.00. The summed E-state index contributed by atoms with van der Waals surface area (Å²) in [6.45, 7) is 2.73. The number of fused-ring (bicyclic) bond motifs is 1. The van der Waals surface area contributed by atoms with Gasteiger partial charge in [-0.25, -0.2) is 9.79 Å². The van der Waals surface area contributed by atoms with Gasteiger partial charge in [0.25, 0.3) is 5.91 Å². The number of halogens is 1. The Hall–Kier alpha value is -4.08. The number of carboxylic acids is 1. The number of rotatable bonds is 8. The number of nitrogens with zero attached hydrogens (tertiary/aromatic N) is 2. The van der Waals surface area contributed by atoms with E-state index in [4.69, 9.17) is 14.6 Å². The fourth-order valence-corrected chi connectivity index (χ4v) is 5.71. The fourth-order valence-electron chi connectivity index (χ4n) is 4.15. The van der Waals surface area contributed by atoms with Crippen LogP contribution in [0.2, 0.25) is 0 Å². The van der Waals surface area contributed by atoms with E-state index < -0.39 is 5.97 Å². The second kappa shape index (κ2) is 12.0. The number of carbonyl (C=O) groups excluding carboxylic acids is 1. The fraction of sp³-hybridized carbons (Fsp3) is 0.129. The number of likely N-dealkylation sites (N-methyl/N-ethyl adjacent to an activating group) is 1. The molecule has 202 valence electrons. The van der Waals surface area contributed by atoms with Crippen LogP contribution in [0.15, 0.2) is 93.2 Å². The number of carbonyl (C=O) groups is 2. The molecule has 9 heteroatoms. The van der Waals surface area contributed by atoms with Crippen LogP contribution in [0.5, 0.6) is 11.5 Å². The predicted octanol–water partition coefficient (Wildman–Crippen LogP) is 7.51. The van der Waals surface area contributed by atoms with Crippen LogP contribution in [0.1, 0.15) is 28.4 Å². The van der Waals surface area contributed by atoms with Gasteiger partial charge in [0.05, 0.1) is 27.2 Å². The number of carboxylic acid groups (broad SMARTS) is 1. The summed E-state index contributed by atoms with van der Waals surface area (Å²) in [5.41, 5.74) is 2.54. The molecule has 0 aromatic heterocycles. The van der Waals surface area contributed by atoms with Crippen molar-refractivity contribution in [1.82, 2.24) is 4.90 Å². The second-order valence-electron chi connectivity index (χ2n) is 8.95. The molecule has 4 aromatic carbocycles. The van der Waals surface area contributed by atoms with Gasteiger partial charge in [0.15, 0.2) is 16.7 Å². The number of amides is 1. The third kappa shape index (κ3) is 6.05. The molecule has 0 saturated carbocycles. The molecule has 1 amide bonds. The van der Waals surface area contributed by atoms with Crippen molar-refractivity contribution >= 4 is 67.3 Å². The molecule has 1 N–H and O–H groups in total. The van der Waals surface area contributed by atoms with Gasteiger partial charge in [-0.3, -0.25) is 9.69 Å². The predicted molar refractivity (Wildman–Crippen MR) is 162 cm³/mol. The standard InChI is InChI=1S/C31H25BrN2O5S/c1-3-38-26-16-20(15-25(32)28(26)39-18-19-8-9-21-6-4-5-7-23(21)14-19)17-27-29(35)34(2)31(40-27)33-24-12-10-22(11-13-24)30(36)37/h4-17H,3,18H2,1-2H3,(H,36,37)/b27-17-,33-31?. The van der Waals surface area contributed by atoms with Crippen LogP contribution in [-0.4, -0.2) is 40.7 Å². The van der Waals surface area contributed by atoms with Crippen molar-refractivity contribution < 1.29 is 24.2 Å². The monoisotopic (exact) mass is 616 g/mol. The first-order valence-electron chi connectivity index (χ1n) is 12.5. The summed E-state index contributed by atoms with van der Waals surface area (Å²) < 4.78 is 12.8. The molecule has 1 heterocycles. The number of ether oxygens (including phenoxy) is 2. The molecular formula is C31H25BrN2O5S. The quantitative estimate of drug-likeness (QED) is 0.206. The van der Waals surface area contributed by atoms with Crippen molar-refractivity contribution in [3.05, 3.63) is 105 Å². The molecular weight excluding hydrogens is 592 g/mol. The summed E-state index contributed by atoms with van der Waals surface area (Å²) in [7, 11) is 1.66. The van der Waals surface area contributed by atoms with Gasteiger partial charge in [-0.05, 0) is 105 Å². The van der Waals surface area contributed by atoms with Gasteiger partial charge >= 0.3 is 5.97 Å². The molecule has 0 radical (unpaired) electrons. The SMILES string of the molecule is CCOc1cc(/C=C2\SC(=Nc3ccc(C(=O)O)cc3)N(C)C2=O)cc(Br)c1OCc1ccc2ccccc2c1. The zero-order chi connectivity index (χ0) is 28.2. The Labute approximate surface area is 244 Å². The maximum atomic E-state index is 13.0. The highest BCUT2D eigenvalue weighted by atomic mass is 79.9. The van der Waals surface area contributed by atoms with Crippen LogP contribution in [-0.2, 0) is 11.4 Å². The Morgan fingerprint density at radius 2 is 1.77 bits per heavy atom. The molecule has 1 fully saturated rings. The van der Waals surface area contributed by atoms with Crippen LogP contribution < -0.4 is 9.47 Å². The van der Waals surface area contributed by atoms with E-state index in [0.717, 1.165) is 16.5 Å². The number of thioether (sulfide) groups is 1. The summed E-state index contributed by atoms with van der Waals surface area (Å²) in [4.78, 5) is 30.6. The molecule has 4 aromatic rings. The van der Waals surface area contributed by atoms with Crippen LogP contribution >= 0.6 is 27.7 Å². The molecule has 1 aliphatic heterocycles. The van der Waals surface area contributed by atoms with E-state index in [1.54, 1.807) is 25.3 Å². The van der Waals surface area contributed by atoms with Crippen molar-refractivity contribution in [3.63, 3.8) is 0 Å². The van der Waals surface area contributed by atoms with Crippen molar-refractivity contribution in [2.75, 3.05) is 13.7 Å². The minimum Gasteiger partial charge on any atom is -0.490 e. The van der Waals surface area contributed by atoms with Crippen LogP contribution in [0, 0.1) is 0 Å². The average Bonchev–Trinajstić information content (AvgIpc) is 3.20. The van der Waals surface area contributed by atoms with E-state index in [0.29, 0.717) is 44.9 Å². The van der Waals surface area contributed by atoms with E-state index in [1.165, 1.54) is 34.2 Å². The van der Waals surface area contributed by atoms with Crippen molar-refractivity contribution in [1.29, 1.82) is 0 Å². The molecule has 40 heavy (non-hydrogen) atoms. The molecule has 0 atom stereocenters. The average molecular weight is 618 g/mol. The summed E-state index contributed by atoms with van der Waals surface area (Å²) in [6.07, 6.45) is 1.79. The van der Waals surface area contributed by atoms with E-state index >= 15 is 0 Å². The normalized spacial score (nSPS) is 15.3. The van der Waals surface area contributed by atoms with Gasteiger partial charge in [0, 0.05) is 7.05 Å². The highest BCUT2D eigenvalue weighted by Crippen LogP contribution is 2.40. The largest absolute Gasteiger partial charge is 0.490 e. The van der Waals surface area contributed by atoms with Gasteiger partial charge in [0.2, 0.25) is 0 Å². The Kier molecular flexibility index (Phi) is 8.23. The molecule has 1 aliphatic rings. The van der Waals surface area contributed by atoms with E-state index in [-0.39, 0.29) is 11.5 Å². The van der Waals surface area contributed by atoms with Gasteiger partial charge in [-0.15, -0.1) is 0 Å². The number of hydrogen-bond donors (Lipinski definition) is 1. The Morgan fingerprint density at radius 1 is 1.02 bits per heavy atom.